The lowest BCUT2D eigenvalue weighted by molar-refractivity contribution is 0.0990. The first-order valence-electron chi connectivity index (χ1n) is 8.18. The zero-order valence-corrected chi connectivity index (χ0v) is 19.2. The highest BCUT2D eigenvalue weighted by atomic mass is 35.5. The molecule has 10 heteroatoms. The molecule has 0 aliphatic heterocycles. The molecule has 30 heavy (non-hydrogen) atoms. The topological polar surface area (TPSA) is 58.2 Å². The number of benzene rings is 3. The zero-order valence-electron chi connectivity index (χ0n) is 14.7. The lowest BCUT2D eigenvalue weighted by Crippen LogP contribution is -2.20. The molecular formula is C20H10Cl6N2O2. The summed E-state index contributed by atoms with van der Waals surface area (Å²) in [6.45, 7) is 0. The molecule has 0 heterocycles. The summed E-state index contributed by atoms with van der Waals surface area (Å²) in [6.07, 6.45) is 0. The van der Waals surface area contributed by atoms with Crippen LogP contribution >= 0.6 is 69.6 Å². The van der Waals surface area contributed by atoms with Crippen LogP contribution in [0.15, 0.2) is 48.5 Å². The van der Waals surface area contributed by atoms with Gasteiger partial charge in [0, 0.05) is 0 Å². The average molecular weight is 523 g/mol. The third-order valence-corrected chi connectivity index (χ3v) is 6.00. The van der Waals surface area contributed by atoms with Gasteiger partial charge < -0.3 is 10.6 Å². The molecule has 154 valence electrons. The van der Waals surface area contributed by atoms with Gasteiger partial charge in [0.2, 0.25) is 0 Å². The van der Waals surface area contributed by atoms with Crippen molar-refractivity contribution in [3.63, 3.8) is 0 Å². The fraction of sp³-hybridized carbons (Fsp3) is 0. The summed E-state index contributed by atoms with van der Waals surface area (Å²) in [5.41, 5.74) is 0.708. The molecule has 3 rings (SSSR count). The summed E-state index contributed by atoms with van der Waals surface area (Å²) >= 11 is 36.0. The number of rotatable bonds is 4. The number of hydrogen-bond donors (Lipinski definition) is 2. The summed E-state index contributed by atoms with van der Waals surface area (Å²) in [7, 11) is 0. The maximum Gasteiger partial charge on any atom is 0.256 e. The highest BCUT2D eigenvalue weighted by Crippen LogP contribution is 2.34. The first-order valence-corrected chi connectivity index (χ1v) is 10.4. The van der Waals surface area contributed by atoms with Crippen LogP contribution in [0.25, 0.3) is 0 Å². The zero-order chi connectivity index (χ0) is 22.0. The molecule has 4 nitrogen and oxygen atoms in total. The second kappa shape index (κ2) is 9.65. The Kier molecular flexibility index (Phi) is 7.40. The van der Waals surface area contributed by atoms with E-state index in [0.717, 1.165) is 0 Å². The number of halogens is 6. The van der Waals surface area contributed by atoms with E-state index < -0.39 is 11.8 Å². The fourth-order valence-corrected chi connectivity index (χ4v) is 3.68. The number of hydrogen-bond acceptors (Lipinski definition) is 2. The van der Waals surface area contributed by atoms with E-state index in [1.807, 2.05) is 0 Å². The molecule has 0 saturated carbocycles. The van der Waals surface area contributed by atoms with Crippen molar-refractivity contribution >= 4 is 92.8 Å². The van der Waals surface area contributed by atoms with Crippen LogP contribution in [-0.4, -0.2) is 11.8 Å². The molecular weight excluding hydrogens is 513 g/mol. The molecule has 2 N–H and O–H groups in total. The Labute approximate surface area is 202 Å². The van der Waals surface area contributed by atoms with Crippen LogP contribution < -0.4 is 10.6 Å². The van der Waals surface area contributed by atoms with E-state index in [2.05, 4.69) is 10.6 Å². The minimum absolute atomic E-state index is 0.105. The van der Waals surface area contributed by atoms with Crippen LogP contribution in [0.1, 0.15) is 20.7 Å². The summed E-state index contributed by atoms with van der Waals surface area (Å²) in [6, 6.07) is 11.9. The van der Waals surface area contributed by atoms with Gasteiger partial charge in [-0.15, -0.1) is 0 Å². The molecule has 0 saturated heterocycles. The summed E-state index contributed by atoms with van der Waals surface area (Å²) < 4.78 is 0. The van der Waals surface area contributed by atoms with E-state index in [4.69, 9.17) is 69.6 Å². The van der Waals surface area contributed by atoms with Gasteiger partial charge in [0.05, 0.1) is 52.6 Å². The van der Waals surface area contributed by atoms with Gasteiger partial charge in [-0.1, -0.05) is 81.7 Å². The molecule has 2 amide bonds. The van der Waals surface area contributed by atoms with Crippen LogP contribution in [0.5, 0.6) is 0 Å². The predicted molar refractivity (Wildman–Crippen MR) is 125 cm³/mol. The first-order chi connectivity index (χ1) is 14.2. The highest BCUT2D eigenvalue weighted by molar-refractivity contribution is 6.45. The van der Waals surface area contributed by atoms with Gasteiger partial charge in [-0.3, -0.25) is 9.59 Å². The third-order valence-electron chi connectivity index (χ3n) is 3.93. The quantitative estimate of drug-likeness (QED) is 0.340. The normalized spacial score (nSPS) is 10.6. The van der Waals surface area contributed by atoms with Crippen LogP contribution in [0.3, 0.4) is 0 Å². The monoisotopic (exact) mass is 520 g/mol. The van der Waals surface area contributed by atoms with Crippen molar-refractivity contribution in [2.45, 2.75) is 0 Å². The molecule has 0 fully saturated rings. The second-order valence-electron chi connectivity index (χ2n) is 5.95. The van der Waals surface area contributed by atoms with Gasteiger partial charge in [-0.2, -0.15) is 0 Å². The van der Waals surface area contributed by atoms with E-state index in [-0.39, 0.29) is 52.6 Å². The Morgan fingerprint density at radius 3 is 1.23 bits per heavy atom. The predicted octanol–water partition coefficient (Wildman–Crippen LogP) is 8.11. The lowest BCUT2D eigenvalue weighted by Gasteiger charge is -2.13. The van der Waals surface area contributed by atoms with Gasteiger partial charge >= 0.3 is 0 Å². The van der Waals surface area contributed by atoms with Crippen LogP contribution in [0.2, 0.25) is 30.1 Å². The molecule has 0 radical (unpaired) electrons. The Hall–Kier alpha value is -1.66. The highest BCUT2D eigenvalue weighted by Gasteiger charge is 2.19. The van der Waals surface area contributed by atoms with E-state index >= 15 is 0 Å². The van der Waals surface area contributed by atoms with Crippen molar-refractivity contribution in [3.8, 4) is 0 Å². The van der Waals surface area contributed by atoms with Crippen LogP contribution in [0, 0.1) is 0 Å². The van der Waals surface area contributed by atoms with E-state index in [1.54, 1.807) is 12.1 Å². The van der Waals surface area contributed by atoms with Crippen LogP contribution in [0.4, 0.5) is 11.4 Å². The molecule has 0 bridgehead atoms. The van der Waals surface area contributed by atoms with E-state index in [1.165, 1.54) is 36.4 Å². The van der Waals surface area contributed by atoms with Crippen molar-refractivity contribution in [3.05, 3.63) is 89.8 Å². The first kappa shape index (κ1) is 23.0. The summed E-state index contributed by atoms with van der Waals surface area (Å²) in [5.74, 6) is -1.14. The number of amides is 2. The van der Waals surface area contributed by atoms with Gasteiger partial charge in [0.15, 0.2) is 0 Å². The average Bonchev–Trinajstić information content (AvgIpc) is 2.70. The van der Waals surface area contributed by atoms with Crippen molar-refractivity contribution in [2.75, 3.05) is 10.6 Å². The van der Waals surface area contributed by atoms with Gasteiger partial charge in [0.25, 0.3) is 11.8 Å². The van der Waals surface area contributed by atoms with Gasteiger partial charge in [0.1, 0.15) is 0 Å². The minimum Gasteiger partial charge on any atom is -0.321 e. The molecule has 0 aliphatic carbocycles. The molecule has 3 aromatic rings. The largest absolute Gasteiger partial charge is 0.321 e. The van der Waals surface area contributed by atoms with Crippen molar-refractivity contribution in [1.29, 1.82) is 0 Å². The molecule has 3 aromatic carbocycles. The SMILES string of the molecule is O=C(Nc1cc(Cl)c(Cl)cc1Cl)c1ccccc1C(=O)Nc1cc(Cl)c(Cl)cc1Cl. The number of nitrogens with one attached hydrogen (secondary N) is 2. The molecule has 0 atom stereocenters. The van der Waals surface area contributed by atoms with Gasteiger partial charge in [-0.05, 0) is 36.4 Å². The number of anilines is 2. The minimum atomic E-state index is -0.568. The van der Waals surface area contributed by atoms with E-state index in [0.29, 0.717) is 0 Å². The maximum atomic E-state index is 12.8. The lowest BCUT2D eigenvalue weighted by atomic mass is 10.1. The van der Waals surface area contributed by atoms with Crippen LogP contribution in [-0.2, 0) is 0 Å². The Morgan fingerprint density at radius 1 is 0.533 bits per heavy atom. The summed E-state index contributed by atoms with van der Waals surface area (Å²) in [5, 5.41) is 6.57. The van der Waals surface area contributed by atoms with E-state index in [9.17, 15) is 9.59 Å². The molecule has 0 aromatic heterocycles. The smallest absolute Gasteiger partial charge is 0.256 e. The Bertz CT molecular complexity index is 1080. The molecule has 0 aliphatic rings. The maximum absolute atomic E-state index is 12.8. The standard InChI is InChI=1S/C20H10Cl6N2O2/c21-11-5-15(25)17(7-13(11)23)27-19(29)9-3-1-2-4-10(9)20(30)28-18-8-14(24)12(22)6-16(18)26/h1-8H,(H,27,29)(H,28,30). The fourth-order valence-electron chi connectivity index (χ4n) is 2.50. The number of carbonyl (C=O) groups is 2. The molecule has 0 unspecified atom stereocenters. The summed E-state index contributed by atoms with van der Waals surface area (Å²) in [4.78, 5) is 25.6. The Balaban J connectivity index is 1.89. The van der Waals surface area contributed by atoms with Crippen molar-refractivity contribution in [1.82, 2.24) is 0 Å². The number of carbonyl (C=O) groups excluding carboxylic acids is 2. The molecule has 0 spiro atoms. The van der Waals surface area contributed by atoms with Crippen molar-refractivity contribution < 1.29 is 9.59 Å². The Morgan fingerprint density at radius 2 is 0.867 bits per heavy atom. The van der Waals surface area contributed by atoms with Crippen molar-refractivity contribution in [2.24, 2.45) is 0 Å². The van der Waals surface area contributed by atoms with Gasteiger partial charge in [-0.25, -0.2) is 0 Å². The third kappa shape index (κ3) is 5.14. The second-order valence-corrected chi connectivity index (χ2v) is 8.39.